The minimum Gasteiger partial charge on any atom is -0.357 e. The lowest BCUT2D eigenvalue weighted by Gasteiger charge is -2.07. The predicted molar refractivity (Wildman–Crippen MR) is 70.7 cm³/mol. The van der Waals surface area contributed by atoms with Crippen LogP contribution in [-0.2, 0) is 7.05 Å². The van der Waals surface area contributed by atoms with Crippen molar-refractivity contribution in [2.45, 2.75) is 6.92 Å². The van der Waals surface area contributed by atoms with Gasteiger partial charge in [0, 0.05) is 14.1 Å². The summed E-state index contributed by atoms with van der Waals surface area (Å²) < 4.78 is 1.80. The molecule has 0 aliphatic rings. The molecule has 19 heavy (non-hydrogen) atoms. The van der Waals surface area contributed by atoms with Crippen LogP contribution in [0.15, 0.2) is 4.60 Å². The molecule has 100 valence electrons. The van der Waals surface area contributed by atoms with E-state index in [2.05, 4.69) is 41.5 Å². The lowest BCUT2D eigenvalue weighted by Crippen LogP contribution is -2.07. The molecule has 0 bridgehead atoms. The summed E-state index contributed by atoms with van der Waals surface area (Å²) >= 11 is 3.21. The Kier molecular flexibility index (Phi) is 3.42. The third-order valence-electron chi connectivity index (χ3n) is 2.47. The summed E-state index contributed by atoms with van der Waals surface area (Å²) in [5, 5.41) is 21.6. The average Bonchev–Trinajstić information content (AvgIpc) is 2.67. The molecule has 0 spiro atoms. The van der Waals surface area contributed by atoms with Crippen LogP contribution in [0, 0.1) is 17.0 Å². The zero-order chi connectivity index (χ0) is 14.2. The average molecular weight is 328 g/mol. The van der Waals surface area contributed by atoms with Crippen molar-refractivity contribution in [2.75, 3.05) is 12.4 Å². The number of nitro groups is 1. The molecular formula is C9H10BrN7O2. The van der Waals surface area contributed by atoms with Crippen molar-refractivity contribution >= 4 is 27.6 Å². The first-order valence-corrected chi connectivity index (χ1v) is 6.01. The molecule has 1 N–H and O–H groups in total. The Morgan fingerprint density at radius 3 is 2.58 bits per heavy atom. The number of halogens is 1. The topological polar surface area (TPSA) is 112 Å². The van der Waals surface area contributed by atoms with Gasteiger partial charge in [-0.25, -0.2) is 14.6 Å². The lowest BCUT2D eigenvalue weighted by atomic mass is 10.2. The maximum Gasteiger partial charge on any atom is 0.318 e. The summed E-state index contributed by atoms with van der Waals surface area (Å²) in [5.74, 6) is 0.297. The highest BCUT2D eigenvalue weighted by molar-refractivity contribution is 9.10. The fourth-order valence-corrected chi connectivity index (χ4v) is 2.16. The number of nitrogens with one attached hydrogen (secondary N) is 1. The Hall–Kier alpha value is -2.10. The highest BCUT2D eigenvalue weighted by Gasteiger charge is 2.27. The summed E-state index contributed by atoms with van der Waals surface area (Å²) in [6.07, 6.45) is 0. The fourth-order valence-electron chi connectivity index (χ4n) is 1.65. The highest BCUT2D eigenvalue weighted by atomic mass is 79.9. The van der Waals surface area contributed by atoms with E-state index in [4.69, 9.17) is 0 Å². The number of nitrogens with zero attached hydrogens (tertiary/aromatic N) is 6. The Balaban J connectivity index is 2.81. The molecule has 0 fully saturated rings. The summed E-state index contributed by atoms with van der Waals surface area (Å²) in [6, 6.07) is 0. The highest BCUT2D eigenvalue weighted by Crippen LogP contribution is 2.33. The van der Waals surface area contributed by atoms with Crippen LogP contribution in [0.25, 0.3) is 11.4 Å². The molecule has 0 unspecified atom stereocenters. The molecule has 0 saturated heterocycles. The van der Waals surface area contributed by atoms with Crippen molar-refractivity contribution in [1.29, 1.82) is 0 Å². The van der Waals surface area contributed by atoms with Gasteiger partial charge < -0.3 is 5.32 Å². The zero-order valence-electron chi connectivity index (χ0n) is 10.4. The van der Waals surface area contributed by atoms with E-state index in [-0.39, 0.29) is 17.1 Å². The molecule has 0 aliphatic heterocycles. The quantitative estimate of drug-likeness (QED) is 0.667. The van der Waals surface area contributed by atoms with Crippen LogP contribution in [0.5, 0.6) is 0 Å². The van der Waals surface area contributed by atoms with Gasteiger partial charge in [-0.2, -0.15) is 0 Å². The second-order valence-corrected chi connectivity index (χ2v) is 4.44. The van der Waals surface area contributed by atoms with Gasteiger partial charge in [-0.1, -0.05) is 5.21 Å². The fraction of sp³-hybridized carbons (Fsp3) is 0.333. The third-order valence-corrected chi connectivity index (χ3v) is 3.01. The van der Waals surface area contributed by atoms with E-state index >= 15 is 0 Å². The van der Waals surface area contributed by atoms with Crippen LogP contribution >= 0.6 is 15.9 Å². The minimum absolute atomic E-state index is 0.162. The van der Waals surface area contributed by atoms with Crippen LogP contribution in [0.4, 0.5) is 11.6 Å². The molecule has 0 atom stereocenters. The van der Waals surface area contributed by atoms with Crippen molar-refractivity contribution in [3.05, 3.63) is 20.4 Å². The van der Waals surface area contributed by atoms with Gasteiger partial charge in [0.25, 0.3) is 0 Å². The van der Waals surface area contributed by atoms with Crippen LogP contribution < -0.4 is 5.32 Å². The van der Waals surface area contributed by atoms with Crippen molar-refractivity contribution in [1.82, 2.24) is 25.0 Å². The van der Waals surface area contributed by atoms with Gasteiger partial charge in [0.05, 0.1) is 4.92 Å². The van der Waals surface area contributed by atoms with E-state index in [1.807, 2.05) is 0 Å². The summed E-state index contributed by atoms with van der Waals surface area (Å²) in [4.78, 5) is 18.8. The lowest BCUT2D eigenvalue weighted by molar-refractivity contribution is -0.385. The Morgan fingerprint density at radius 2 is 2.11 bits per heavy atom. The van der Waals surface area contributed by atoms with Crippen LogP contribution in [0.2, 0.25) is 0 Å². The van der Waals surface area contributed by atoms with Gasteiger partial charge in [0.15, 0.2) is 10.3 Å². The second kappa shape index (κ2) is 4.88. The molecule has 2 rings (SSSR count). The van der Waals surface area contributed by atoms with E-state index in [1.54, 1.807) is 21.0 Å². The molecule has 2 aromatic heterocycles. The van der Waals surface area contributed by atoms with E-state index in [0.717, 1.165) is 0 Å². The first-order valence-electron chi connectivity index (χ1n) is 5.22. The maximum atomic E-state index is 11.2. The van der Waals surface area contributed by atoms with Crippen LogP contribution in [-0.4, -0.2) is 36.9 Å². The van der Waals surface area contributed by atoms with Crippen molar-refractivity contribution in [2.24, 2.45) is 7.05 Å². The van der Waals surface area contributed by atoms with Gasteiger partial charge in [0.2, 0.25) is 5.95 Å². The van der Waals surface area contributed by atoms with Crippen LogP contribution in [0.1, 0.15) is 5.69 Å². The monoisotopic (exact) mass is 327 g/mol. The van der Waals surface area contributed by atoms with Gasteiger partial charge in [0.1, 0.15) is 11.4 Å². The van der Waals surface area contributed by atoms with Gasteiger partial charge in [-0.3, -0.25) is 10.1 Å². The van der Waals surface area contributed by atoms with Crippen molar-refractivity contribution < 1.29 is 4.92 Å². The Labute approximate surface area is 116 Å². The largest absolute Gasteiger partial charge is 0.357 e. The molecule has 0 aromatic carbocycles. The predicted octanol–water partition coefficient (Wildman–Crippen LogP) is 1.29. The third kappa shape index (κ3) is 2.26. The van der Waals surface area contributed by atoms with Gasteiger partial charge >= 0.3 is 5.69 Å². The van der Waals surface area contributed by atoms with Crippen LogP contribution in [0.3, 0.4) is 0 Å². The molecule has 0 amide bonds. The number of hydrogen-bond acceptors (Lipinski definition) is 7. The summed E-state index contributed by atoms with van der Waals surface area (Å²) in [7, 11) is 3.27. The van der Waals surface area contributed by atoms with Gasteiger partial charge in [-0.05, 0) is 22.9 Å². The number of anilines is 1. The van der Waals surface area contributed by atoms with E-state index in [9.17, 15) is 10.1 Å². The van der Waals surface area contributed by atoms with Crippen molar-refractivity contribution in [3.8, 4) is 11.4 Å². The maximum absolute atomic E-state index is 11.2. The van der Waals surface area contributed by atoms with E-state index in [0.29, 0.717) is 16.2 Å². The Bertz CT molecular complexity index is 635. The number of aromatic nitrogens is 5. The molecule has 0 saturated carbocycles. The van der Waals surface area contributed by atoms with Crippen molar-refractivity contribution in [3.63, 3.8) is 0 Å². The van der Waals surface area contributed by atoms with E-state index in [1.165, 1.54) is 4.68 Å². The summed E-state index contributed by atoms with van der Waals surface area (Å²) in [5.41, 5.74) is 0.701. The molecule has 9 nitrogen and oxygen atoms in total. The smallest absolute Gasteiger partial charge is 0.318 e. The number of hydrogen-bond donors (Lipinski definition) is 1. The number of aryl methyl sites for hydroxylation is 2. The van der Waals surface area contributed by atoms with E-state index < -0.39 is 4.92 Å². The standard InChI is InChI=1S/C9H10BrN7O2/c1-4-6(17(18)19)5(13-9(11-2)12-4)7-8(10)14-15-16(7)3/h1-3H3,(H,11,12,13). The summed E-state index contributed by atoms with van der Waals surface area (Å²) in [6.45, 7) is 1.56. The normalized spacial score (nSPS) is 10.5. The zero-order valence-corrected chi connectivity index (χ0v) is 12.0. The Morgan fingerprint density at radius 1 is 1.42 bits per heavy atom. The first-order chi connectivity index (χ1) is 8.95. The molecule has 0 radical (unpaired) electrons. The number of rotatable bonds is 3. The minimum atomic E-state index is -0.510. The van der Waals surface area contributed by atoms with Gasteiger partial charge in [-0.15, -0.1) is 5.10 Å². The SMILES string of the molecule is CNc1nc(C)c([N+](=O)[O-])c(-c2c(Br)nnn2C)n1. The first kappa shape index (κ1) is 13.3. The molecular weight excluding hydrogens is 318 g/mol. The molecule has 10 heteroatoms. The molecule has 2 aromatic rings. The molecule has 2 heterocycles. The second-order valence-electron chi connectivity index (χ2n) is 3.69. The molecule has 0 aliphatic carbocycles.